The van der Waals surface area contributed by atoms with Gasteiger partial charge >= 0.3 is 5.97 Å². The third kappa shape index (κ3) is 2.94. The molecule has 1 rings (SSSR count). The molecule has 0 aromatic carbocycles. The Balaban J connectivity index is 2.76. The maximum Gasteiger partial charge on any atom is 0.341 e. The predicted octanol–water partition coefficient (Wildman–Crippen LogP) is 2.50. The van der Waals surface area contributed by atoms with Gasteiger partial charge in [0.1, 0.15) is 0 Å². The number of hydrogen-bond donors (Lipinski definition) is 0. The Morgan fingerprint density at radius 1 is 1.50 bits per heavy atom. The van der Waals surface area contributed by atoms with E-state index in [-0.39, 0.29) is 16.8 Å². The number of ketones is 1. The summed E-state index contributed by atoms with van der Waals surface area (Å²) in [5.74, 6) is -0.234. The molecule has 0 N–H and O–H groups in total. The van der Waals surface area contributed by atoms with Crippen molar-refractivity contribution < 1.29 is 14.3 Å². The van der Waals surface area contributed by atoms with E-state index in [1.54, 1.807) is 13.0 Å². The molecule has 0 bridgehead atoms. The fourth-order valence-electron chi connectivity index (χ4n) is 1.86. The quantitative estimate of drug-likeness (QED) is 0.534. The van der Waals surface area contributed by atoms with Gasteiger partial charge in [-0.1, -0.05) is 26.8 Å². The van der Waals surface area contributed by atoms with Crippen molar-refractivity contribution >= 4 is 11.8 Å². The summed E-state index contributed by atoms with van der Waals surface area (Å²) in [7, 11) is 0. The van der Waals surface area contributed by atoms with E-state index in [1.807, 2.05) is 0 Å². The molecule has 0 radical (unpaired) electrons. The highest BCUT2D eigenvalue weighted by Crippen LogP contribution is 2.35. The second kappa shape index (κ2) is 4.81. The lowest BCUT2D eigenvalue weighted by atomic mass is 9.72. The molecule has 0 aromatic heterocycles. The smallest absolute Gasteiger partial charge is 0.341 e. The number of allylic oxidation sites excluding steroid dienone is 1. The number of carbonyl (C=O) groups excluding carboxylic acids is 2. The zero-order chi connectivity index (χ0) is 12.3. The van der Waals surface area contributed by atoms with Crippen molar-refractivity contribution in [3.8, 4) is 0 Å². The molecule has 16 heavy (non-hydrogen) atoms. The fourth-order valence-corrected chi connectivity index (χ4v) is 1.86. The summed E-state index contributed by atoms with van der Waals surface area (Å²) >= 11 is 0. The first-order valence-electron chi connectivity index (χ1n) is 5.76. The van der Waals surface area contributed by atoms with Crippen molar-refractivity contribution in [2.75, 3.05) is 6.61 Å². The van der Waals surface area contributed by atoms with Crippen LogP contribution in [-0.2, 0) is 14.3 Å². The second-order valence-corrected chi connectivity index (χ2v) is 5.26. The van der Waals surface area contributed by atoms with Crippen LogP contribution in [0.3, 0.4) is 0 Å². The van der Waals surface area contributed by atoms with Crippen LogP contribution in [0.1, 0.15) is 40.5 Å². The number of hydrogen-bond acceptors (Lipinski definition) is 3. The third-order valence-corrected chi connectivity index (χ3v) is 3.06. The van der Waals surface area contributed by atoms with Crippen molar-refractivity contribution in [1.29, 1.82) is 0 Å². The van der Waals surface area contributed by atoms with E-state index in [2.05, 4.69) is 20.8 Å². The lowest BCUT2D eigenvalue weighted by Crippen LogP contribution is -2.29. The lowest BCUT2D eigenvalue weighted by Gasteiger charge is -2.32. The minimum atomic E-state index is -0.472. The monoisotopic (exact) mass is 224 g/mol. The summed E-state index contributed by atoms with van der Waals surface area (Å²) in [6.45, 7) is 8.41. The Hall–Kier alpha value is -1.12. The number of rotatable bonds is 2. The zero-order valence-electron chi connectivity index (χ0n) is 10.5. The molecule has 3 nitrogen and oxygen atoms in total. The van der Waals surface area contributed by atoms with Gasteiger partial charge in [-0.3, -0.25) is 4.79 Å². The standard InChI is InChI=1S/C13H20O3/c1-5-16-12(15)10-7-6-9(8-11(10)14)13(2,3)4/h7,9H,5-6,8H2,1-4H3. The minimum Gasteiger partial charge on any atom is -0.462 e. The van der Waals surface area contributed by atoms with Crippen LogP contribution in [0.2, 0.25) is 0 Å². The molecule has 90 valence electrons. The van der Waals surface area contributed by atoms with Crippen molar-refractivity contribution in [2.24, 2.45) is 11.3 Å². The van der Waals surface area contributed by atoms with E-state index >= 15 is 0 Å². The van der Waals surface area contributed by atoms with Crippen molar-refractivity contribution in [3.63, 3.8) is 0 Å². The molecule has 0 aromatic rings. The van der Waals surface area contributed by atoms with Crippen LogP contribution < -0.4 is 0 Å². The number of ether oxygens (including phenoxy) is 1. The van der Waals surface area contributed by atoms with Crippen LogP contribution in [0.15, 0.2) is 11.6 Å². The molecule has 0 heterocycles. The molecule has 0 spiro atoms. The van der Waals surface area contributed by atoms with Crippen LogP contribution in [0.4, 0.5) is 0 Å². The Bertz CT molecular complexity index is 321. The highest BCUT2D eigenvalue weighted by atomic mass is 16.5. The lowest BCUT2D eigenvalue weighted by molar-refractivity contribution is -0.140. The number of esters is 1. The summed E-state index contributed by atoms with van der Waals surface area (Å²) in [4.78, 5) is 23.3. The summed E-state index contributed by atoms with van der Waals surface area (Å²) in [6.07, 6.45) is 2.97. The Labute approximate surface area is 96.9 Å². The van der Waals surface area contributed by atoms with Gasteiger partial charge in [-0.05, 0) is 24.7 Å². The van der Waals surface area contributed by atoms with Crippen molar-refractivity contribution in [3.05, 3.63) is 11.6 Å². The van der Waals surface area contributed by atoms with Crippen LogP contribution >= 0.6 is 0 Å². The SMILES string of the molecule is CCOC(=O)C1=CCC(C(C)(C)C)CC1=O. The zero-order valence-corrected chi connectivity index (χ0v) is 10.5. The van der Waals surface area contributed by atoms with Gasteiger partial charge in [0.2, 0.25) is 0 Å². The van der Waals surface area contributed by atoms with E-state index in [1.165, 1.54) is 0 Å². The molecule has 0 saturated heterocycles. The predicted molar refractivity (Wildman–Crippen MR) is 61.9 cm³/mol. The van der Waals surface area contributed by atoms with Gasteiger partial charge in [0.15, 0.2) is 5.78 Å². The van der Waals surface area contributed by atoms with Crippen LogP contribution in [-0.4, -0.2) is 18.4 Å². The first-order valence-corrected chi connectivity index (χ1v) is 5.76. The molecule has 0 amide bonds. The highest BCUT2D eigenvalue weighted by molar-refractivity contribution is 6.17. The molecule has 1 unspecified atom stereocenters. The third-order valence-electron chi connectivity index (χ3n) is 3.06. The Morgan fingerprint density at radius 3 is 2.56 bits per heavy atom. The van der Waals surface area contributed by atoms with Crippen molar-refractivity contribution in [2.45, 2.75) is 40.5 Å². The normalized spacial score (nSPS) is 21.6. The van der Waals surface area contributed by atoms with Gasteiger partial charge in [0, 0.05) is 6.42 Å². The van der Waals surface area contributed by atoms with Crippen LogP contribution in [0.25, 0.3) is 0 Å². The topological polar surface area (TPSA) is 43.4 Å². The van der Waals surface area contributed by atoms with E-state index in [9.17, 15) is 9.59 Å². The number of Topliss-reactive ketones (excluding diaryl/α,β-unsaturated/α-hetero) is 1. The van der Waals surface area contributed by atoms with Crippen LogP contribution in [0, 0.1) is 11.3 Å². The molecular weight excluding hydrogens is 204 g/mol. The average Bonchev–Trinajstić information content (AvgIpc) is 2.16. The molecular formula is C13H20O3. The summed E-state index contributed by atoms with van der Waals surface area (Å²) < 4.78 is 4.84. The molecule has 3 heteroatoms. The van der Waals surface area contributed by atoms with E-state index in [4.69, 9.17) is 4.74 Å². The van der Waals surface area contributed by atoms with Crippen LogP contribution in [0.5, 0.6) is 0 Å². The first kappa shape index (κ1) is 12.9. The maximum absolute atomic E-state index is 11.8. The fraction of sp³-hybridized carbons (Fsp3) is 0.692. The maximum atomic E-state index is 11.8. The summed E-state index contributed by atoms with van der Waals surface area (Å²) in [6, 6.07) is 0. The average molecular weight is 224 g/mol. The van der Waals surface area contributed by atoms with E-state index in [0.29, 0.717) is 18.9 Å². The minimum absolute atomic E-state index is 0.0791. The molecule has 1 atom stereocenters. The van der Waals surface area contributed by atoms with Crippen molar-refractivity contribution in [1.82, 2.24) is 0 Å². The van der Waals surface area contributed by atoms with Gasteiger partial charge < -0.3 is 4.74 Å². The molecule has 0 aliphatic heterocycles. The first-order chi connectivity index (χ1) is 7.36. The second-order valence-electron chi connectivity index (χ2n) is 5.26. The van der Waals surface area contributed by atoms with Gasteiger partial charge in [0.05, 0.1) is 12.2 Å². The summed E-state index contributed by atoms with van der Waals surface area (Å²) in [5.41, 5.74) is 0.342. The highest BCUT2D eigenvalue weighted by Gasteiger charge is 2.33. The molecule has 0 fully saturated rings. The van der Waals surface area contributed by atoms with Gasteiger partial charge in [-0.15, -0.1) is 0 Å². The largest absolute Gasteiger partial charge is 0.462 e. The van der Waals surface area contributed by atoms with Gasteiger partial charge in [-0.2, -0.15) is 0 Å². The molecule has 1 aliphatic carbocycles. The molecule has 1 aliphatic rings. The molecule has 0 saturated carbocycles. The Kier molecular flexibility index (Phi) is 3.89. The van der Waals surface area contributed by atoms with E-state index in [0.717, 1.165) is 6.42 Å². The summed E-state index contributed by atoms with van der Waals surface area (Å²) in [5, 5.41) is 0. The number of carbonyl (C=O) groups is 2. The Morgan fingerprint density at radius 2 is 2.12 bits per heavy atom. The van der Waals surface area contributed by atoms with Gasteiger partial charge in [-0.25, -0.2) is 4.79 Å². The van der Waals surface area contributed by atoms with E-state index < -0.39 is 5.97 Å². The van der Waals surface area contributed by atoms with Gasteiger partial charge in [0.25, 0.3) is 0 Å².